The summed E-state index contributed by atoms with van der Waals surface area (Å²) in [6, 6.07) is 13.5. The van der Waals surface area contributed by atoms with E-state index >= 15 is 0 Å². The van der Waals surface area contributed by atoms with Gasteiger partial charge in [-0.1, -0.05) is 23.7 Å². The largest absolute Gasteiger partial charge is 0.488 e. The fourth-order valence-corrected chi connectivity index (χ4v) is 5.92. The number of rotatable bonds is 10. The quantitative estimate of drug-likeness (QED) is 0.235. The molecule has 0 radical (unpaired) electrons. The summed E-state index contributed by atoms with van der Waals surface area (Å²) >= 11 is 5.85. The summed E-state index contributed by atoms with van der Waals surface area (Å²) in [5.74, 6) is 0.701. The van der Waals surface area contributed by atoms with Gasteiger partial charge in [0.2, 0.25) is 5.88 Å². The summed E-state index contributed by atoms with van der Waals surface area (Å²) in [5.41, 5.74) is 2.98. The number of hydrogen-bond donors (Lipinski definition) is 1. The smallest absolute Gasteiger partial charge is 0.335 e. The highest BCUT2D eigenvalue weighted by atomic mass is 35.5. The van der Waals surface area contributed by atoms with Crippen LogP contribution < -0.4 is 9.47 Å². The lowest BCUT2D eigenvalue weighted by Gasteiger charge is -2.34. The van der Waals surface area contributed by atoms with E-state index in [1.807, 2.05) is 23.7 Å². The van der Waals surface area contributed by atoms with Crippen LogP contribution in [0.5, 0.6) is 11.6 Å². The number of ether oxygens (including phenoxy) is 3. The van der Waals surface area contributed by atoms with Crippen LogP contribution >= 0.6 is 11.6 Å². The number of aromatic nitrogens is 3. The molecule has 2 aromatic carbocycles. The zero-order chi connectivity index (χ0) is 30.1. The normalized spacial score (nSPS) is 19.3. The second-order valence-electron chi connectivity index (χ2n) is 11.3. The molecular weight excluding hydrogens is 575 g/mol. The van der Waals surface area contributed by atoms with Crippen molar-refractivity contribution in [3.8, 4) is 11.6 Å². The molecule has 1 saturated carbocycles. The fraction of sp³-hybridized carbons (Fsp3) is 0.406. The number of carboxylic acid groups (broad SMARTS) is 1. The van der Waals surface area contributed by atoms with Gasteiger partial charge >= 0.3 is 5.97 Å². The highest BCUT2D eigenvalue weighted by Gasteiger charge is 2.32. The van der Waals surface area contributed by atoms with E-state index in [2.05, 4.69) is 4.90 Å². The van der Waals surface area contributed by atoms with Gasteiger partial charge in [0.15, 0.2) is 0 Å². The number of piperidine rings is 1. The van der Waals surface area contributed by atoms with E-state index in [1.165, 1.54) is 6.07 Å². The SMILES string of the molecule is COC1CC(Oc2cc(C(=O)O)cc3c2nc(CN2CCC(c4cccc(OCc5ccc(Cl)cc5F)n4)CC2)n3C)C1. The predicted octanol–water partition coefficient (Wildman–Crippen LogP) is 5.97. The van der Waals surface area contributed by atoms with Crippen molar-refractivity contribution in [2.45, 2.75) is 57.0 Å². The Hall–Kier alpha value is -3.73. The Morgan fingerprint density at radius 2 is 1.88 bits per heavy atom. The summed E-state index contributed by atoms with van der Waals surface area (Å²) in [7, 11) is 3.61. The standard InChI is InChI=1S/C32H34ClFN4O5/c1-37-27-12-21(32(39)40)13-28(43-24-15-23(16-24)41-2)31(27)36-29(37)17-38-10-8-19(9-11-38)26-4-3-5-30(35-26)42-18-20-6-7-22(33)14-25(20)34/h3-7,12-14,19,23-24H,8-11,15-18H2,1-2H3,(H,39,40). The predicted molar refractivity (Wildman–Crippen MR) is 159 cm³/mol. The van der Waals surface area contributed by atoms with Crippen molar-refractivity contribution < 1.29 is 28.5 Å². The van der Waals surface area contributed by atoms with Crippen LogP contribution in [-0.2, 0) is 24.9 Å². The molecule has 2 fully saturated rings. The molecule has 1 saturated heterocycles. The van der Waals surface area contributed by atoms with Crippen molar-refractivity contribution in [1.29, 1.82) is 0 Å². The van der Waals surface area contributed by atoms with E-state index in [9.17, 15) is 14.3 Å². The number of methoxy groups -OCH3 is 1. The van der Waals surface area contributed by atoms with E-state index in [0.29, 0.717) is 34.3 Å². The van der Waals surface area contributed by atoms with Crippen molar-refractivity contribution >= 4 is 28.6 Å². The maximum atomic E-state index is 14.1. The summed E-state index contributed by atoms with van der Waals surface area (Å²) in [5, 5.41) is 10.1. The van der Waals surface area contributed by atoms with Crippen LogP contribution in [0.15, 0.2) is 48.5 Å². The minimum Gasteiger partial charge on any atom is -0.488 e. The topological polar surface area (TPSA) is 98.9 Å². The number of aromatic carboxylic acids is 1. The number of halogens is 2. The first-order valence-electron chi connectivity index (χ1n) is 14.5. The summed E-state index contributed by atoms with van der Waals surface area (Å²) in [6.45, 7) is 2.44. The molecule has 1 N–H and O–H groups in total. The third kappa shape index (κ3) is 6.46. The maximum absolute atomic E-state index is 14.1. The molecule has 11 heteroatoms. The lowest BCUT2D eigenvalue weighted by molar-refractivity contribution is -0.0376. The van der Waals surface area contributed by atoms with E-state index in [0.717, 1.165) is 55.8 Å². The van der Waals surface area contributed by atoms with Gasteiger partial charge in [0.25, 0.3) is 0 Å². The molecule has 3 heterocycles. The van der Waals surface area contributed by atoms with E-state index in [-0.39, 0.29) is 30.3 Å². The minimum atomic E-state index is -1.000. The molecule has 4 aromatic rings. The number of aryl methyl sites for hydroxylation is 1. The van der Waals surface area contributed by atoms with Gasteiger partial charge in [0.1, 0.15) is 35.6 Å². The molecule has 2 aliphatic rings. The Labute approximate surface area is 254 Å². The van der Waals surface area contributed by atoms with Crippen LogP contribution in [0.1, 0.15) is 59.0 Å². The molecule has 6 rings (SSSR count). The summed E-state index contributed by atoms with van der Waals surface area (Å²) in [4.78, 5) is 23.8. The highest BCUT2D eigenvalue weighted by molar-refractivity contribution is 6.30. The van der Waals surface area contributed by atoms with E-state index < -0.39 is 11.8 Å². The van der Waals surface area contributed by atoms with Gasteiger partial charge in [-0.15, -0.1) is 0 Å². The van der Waals surface area contributed by atoms with Gasteiger partial charge in [-0.3, -0.25) is 4.90 Å². The van der Waals surface area contributed by atoms with Crippen molar-refractivity contribution in [2.75, 3.05) is 20.2 Å². The average Bonchev–Trinajstić information content (AvgIpc) is 3.29. The zero-order valence-corrected chi connectivity index (χ0v) is 24.9. The third-order valence-electron chi connectivity index (χ3n) is 8.48. The van der Waals surface area contributed by atoms with Crippen LogP contribution in [-0.4, -0.2) is 62.9 Å². The van der Waals surface area contributed by atoms with Crippen molar-refractivity contribution in [2.24, 2.45) is 7.05 Å². The molecular formula is C32H34ClFN4O5. The number of fused-ring (bicyclic) bond motifs is 1. The van der Waals surface area contributed by atoms with Crippen molar-refractivity contribution in [1.82, 2.24) is 19.4 Å². The first-order valence-corrected chi connectivity index (χ1v) is 14.8. The van der Waals surface area contributed by atoms with E-state index in [4.69, 9.17) is 35.8 Å². The second kappa shape index (κ2) is 12.5. The van der Waals surface area contributed by atoms with Crippen LogP contribution in [0, 0.1) is 5.82 Å². The fourth-order valence-electron chi connectivity index (χ4n) is 5.76. The molecule has 1 aliphatic heterocycles. The highest BCUT2D eigenvalue weighted by Crippen LogP contribution is 2.34. The lowest BCUT2D eigenvalue weighted by atomic mass is 9.92. The minimum absolute atomic E-state index is 0.0159. The number of carbonyl (C=O) groups is 1. The molecule has 2 aromatic heterocycles. The maximum Gasteiger partial charge on any atom is 0.335 e. The molecule has 0 spiro atoms. The second-order valence-corrected chi connectivity index (χ2v) is 11.7. The number of hydrogen-bond acceptors (Lipinski definition) is 7. The Morgan fingerprint density at radius 3 is 2.60 bits per heavy atom. The number of imidazole rings is 1. The molecule has 1 aliphatic carbocycles. The Bertz CT molecular complexity index is 1630. The molecule has 0 bridgehead atoms. The molecule has 9 nitrogen and oxygen atoms in total. The number of likely N-dealkylation sites (tertiary alicyclic amines) is 1. The number of pyridine rings is 1. The Kier molecular flexibility index (Phi) is 8.52. The van der Waals surface area contributed by atoms with Gasteiger partial charge in [0, 0.05) is 55.3 Å². The Morgan fingerprint density at radius 1 is 1.09 bits per heavy atom. The zero-order valence-electron chi connectivity index (χ0n) is 24.1. The van der Waals surface area contributed by atoms with Crippen LogP contribution in [0.3, 0.4) is 0 Å². The number of nitrogens with zero attached hydrogens (tertiary/aromatic N) is 4. The van der Waals surface area contributed by atoms with Gasteiger partial charge in [-0.2, -0.15) is 0 Å². The van der Waals surface area contributed by atoms with Gasteiger partial charge in [0.05, 0.1) is 23.7 Å². The van der Waals surface area contributed by atoms with Gasteiger partial charge in [-0.05, 0) is 56.3 Å². The molecule has 0 unspecified atom stereocenters. The molecule has 0 atom stereocenters. The lowest BCUT2D eigenvalue weighted by Crippen LogP contribution is -2.38. The summed E-state index contributed by atoms with van der Waals surface area (Å²) in [6.07, 6.45) is 3.55. The van der Waals surface area contributed by atoms with Gasteiger partial charge in [-0.25, -0.2) is 19.2 Å². The van der Waals surface area contributed by atoms with Gasteiger partial charge < -0.3 is 23.9 Å². The van der Waals surface area contributed by atoms with Crippen molar-refractivity contribution in [3.63, 3.8) is 0 Å². The Balaban J connectivity index is 1.10. The monoisotopic (exact) mass is 608 g/mol. The molecule has 226 valence electrons. The van der Waals surface area contributed by atoms with Crippen LogP contribution in [0.2, 0.25) is 5.02 Å². The third-order valence-corrected chi connectivity index (χ3v) is 8.71. The molecule has 43 heavy (non-hydrogen) atoms. The van der Waals surface area contributed by atoms with Crippen LogP contribution in [0.25, 0.3) is 11.0 Å². The number of carboxylic acids is 1. The van der Waals surface area contributed by atoms with Crippen LogP contribution in [0.4, 0.5) is 4.39 Å². The van der Waals surface area contributed by atoms with Crippen molar-refractivity contribution in [3.05, 3.63) is 82.0 Å². The number of benzene rings is 2. The first kappa shape index (κ1) is 29.3. The molecule has 0 amide bonds. The van der Waals surface area contributed by atoms with E-state index in [1.54, 1.807) is 37.4 Å². The summed E-state index contributed by atoms with van der Waals surface area (Å²) < 4.78 is 33.5. The average molecular weight is 609 g/mol. The first-order chi connectivity index (χ1) is 20.8.